The van der Waals surface area contributed by atoms with Gasteiger partial charge in [-0.2, -0.15) is 4.98 Å². The third-order valence-electron chi connectivity index (χ3n) is 5.30. The van der Waals surface area contributed by atoms with Crippen LogP contribution in [0.4, 0.5) is 4.39 Å². The van der Waals surface area contributed by atoms with Crippen LogP contribution in [0.1, 0.15) is 12.8 Å². The van der Waals surface area contributed by atoms with E-state index < -0.39 is 11.4 Å². The van der Waals surface area contributed by atoms with Gasteiger partial charge in [-0.15, -0.1) is 0 Å². The van der Waals surface area contributed by atoms with E-state index in [1.165, 1.54) is 45.3 Å². The van der Waals surface area contributed by atoms with Gasteiger partial charge < -0.3 is 14.7 Å². The predicted molar refractivity (Wildman–Crippen MR) is 118 cm³/mol. The number of nitrogens with zero attached hydrogens (tertiary/aromatic N) is 3. The highest BCUT2D eigenvalue weighted by molar-refractivity contribution is 5.98. The lowest BCUT2D eigenvalue weighted by Gasteiger charge is -2.10. The number of pyridine rings is 1. The molecule has 1 aliphatic heterocycles. The first-order chi connectivity index (χ1) is 15.0. The lowest BCUT2D eigenvalue weighted by atomic mass is 10.0. The van der Waals surface area contributed by atoms with Crippen molar-refractivity contribution in [3.63, 3.8) is 0 Å². The van der Waals surface area contributed by atoms with Crippen LogP contribution in [0, 0.1) is 5.82 Å². The molecular formula is C23H23FN4O3. The molecule has 3 heterocycles. The highest BCUT2D eigenvalue weighted by atomic mass is 19.1. The number of fused-ring (bicyclic) bond motifs is 2. The number of aromatic nitrogens is 3. The van der Waals surface area contributed by atoms with Gasteiger partial charge in [0.2, 0.25) is 0 Å². The van der Waals surface area contributed by atoms with Crippen LogP contribution in [-0.2, 0) is 0 Å². The number of hydrogen-bond donors (Lipinski definition) is 2. The smallest absolute Gasteiger partial charge is 0.296 e. The number of methoxy groups -OCH3 is 1. The summed E-state index contributed by atoms with van der Waals surface area (Å²) in [7, 11) is 3.50. The number of phenols is 1. The fraction of sp³-hybridized carbons (Fsp3) is 0.261. The van der Waals surface area contributed by atoms with Gasteiger partial charge in [-0.3, -0.25) is 14.8 Å². The first kappa shape index (κ1) is 20.7. The molecule has 31 heavy (non-hydrogen) atoms. The van der Waals surface area contributed by atoms with Crippen LogP contribution in [-0.4, -0.2) is 52.2 Å². The van der Waals surface area contributed by atoms with Crippen molar-refractivity contribution < 1.29 is 14.2 Å². The number of H-pyrrole nitrogens is 1. The second kappa shape index (κ2) is 8.69. The maximum absolute atomic E-state index is 15.1. The number of aromatic hydroxyl groups is 1. The van der Waals surface area contributed by atoms with Crippen LogP contribution in [0.3, 0.4) is 0 Å². The van der Waals surface area contributed by atoms with E-state index in [2.05, 4.69) is 26.9 Å². The molecule has 5 rings (SSSR count). The molecule has 0 amide bonds. The Morgan fingerprint density at radius 3 is 2.58 bits per heavy atom. The van der Waals surface area contributed by atoms with Gasteiger partial charge in [0, 0.05) is 11.8 Å². The Labute approximate surface area is 178 Å². The third kappa shape index (κ3) is 4.20. The molecule has 4 aromatic rings. The molecule has 0 aliphatic carbocycles. The lowest BCUT2D eigenvalue weighted by Crippen LogP contribution is -2.11. The quantitative estimate of drug-likeness (QED) is 0.512. The number of hydrogen-bond acceptors (Lipinski definition) is 6. The van der Waals surface area contributed by atoms with E-state index in [0.29, 0.717) is 5.56 Å². The van der Waals surface area contributed by atoms with Crippen molar-refractivity contribution in [1.82, 2.24) is 19.9 Å². The minimum Gasteiger partial charge on any atom is -0.508 e. The monoisotopic (exact) mass is 422 g/mol. The summed E-state index contributed by atoms with van der Waals surface area (Å²) in [4.78, 5) is 24.8. The van der Waals surface area contributed by atoms with Crippen LogP contribution >= 0.6 is 0 Å². The number of benzene rings is 2. The van der Waals surface area contributed by atoms with Crippen LogP contribution in [0.2, 0.25) is 0 Å². The molecule has 1 saturated heterocycles. The lowest BCUT2D eigenvalue weighted by molar-refractivity contribution is 0.380. The molecule has 0 radical (unpaired) electrons. The summed E-state index contributed by atoms with van der Waals surface area (Å²) >= 11 is 0. The molecule has 0 saturated carbocycles. The maximum Gasteiger partial charge on any atom is 0.296 e. The van der Waals surface area contributed by atoms with Crippen molar-refractivity contribution in [3.05, 3.63) is 58.8 Å². The Bertz CT molecular complexity index is 1300. The number of likely N-dealkylation sites (tertiary alicyclic amines) is 1. The fourth-order valence-electron chi connectivity index (χ4n) is 3.70. The standard InChI is InChI=1S/C18H12FN3O3.C5H11N/c1-25-18-21-16-13(17(24)22-18)8-20-15(14(16)19)12-7-10(23)6-9-4-2-3-5-11(9)12;1-6-4-2-3-5-6/h2-8,23H,1H3,(H,21,22,24);2-5H2,1H3. The van der Waals surface area contributed by atoms with Crippen molar-refractivity contribution in [1.29, 1.82) is 0 Å². The highest BCUT2D eigenvalue weighted by Gasteiger charge is 2.18. The number of ether oxygens (including phenoxy) is 1. The van der Waals surface area contributed by atoms with Crippen molar-refractivity contribution in [2.45, 2.75) is 12.8 Å². The highest BCUT2D eigenvalue weighted by Crippen LogP contribution is 2.34. The minimum absolute atomic E-state index is 0.000229. The van der Waals surface area contributed by atoms with Gasteiger partial charge in [-0.1, -0.05) is 24.3 Å². The van der Waals surface area contributed by atoms with Gasteiger partial charge in [-0.05, 0) is 55.9 Å². The Balaban J connectivity index is 0.000000334. The summed E-state index contributed by atoms with van der Waals surface area (Å²) < 4.78 is 20.0. The summed E-state index contributed by atoms with van der Waals surface area (Å²) in [6.45, 7) is 2.64. The number of rotatable bonds is 2. The summed E-state index contributed by atoms with van der Waals surface area (Å²) in [5, 5.41) is 11.5. The van der Waals surface area contributed by atoms with Gasteiger partial charge in [0.05, 0.1) is 12.5 Å². The zero-order chi connectivity index (χ0) is 22.0. The summed E-state index contributed by atoms with van der Waals surface area (Å²) in [6, 6.07) is 10.2. The van der Waals surface area contributed by atoms with E-state index in [4.69, 9.17) is 4.74 Å². The molecule has 0 spiro atoms. The van der Waals surface area contributed by atoms with E-state index in [1.807, 2.05) is 18.2 Å². The van der Waals surface area contributed by atoms with Crippen molar-refractivity contribution >= 4 is 21.7 Å². The van der Waals surface area contributed by atoms with E-state index in [9.17, 15) is 9.90 Å². The zero-order valence-corrected chi connectivity index (χ0v) is 17.4. The summed E-state index contributed by atoms with van der Waals surface area (Å²) in [5.74, 6) is -0.760. The maximum atomic E-state index is 15.1. The molecule has 2 N–H and O–H groups in total. The van der Waals surface area contributed by atoms with E-state index in [1.54, 1.807) is 12.1 Å². The van der Waals surface area contributed by atoms with Crippen LogP contribution in [0.5, 0.6) is 11.8 Å². The van der Waals surface area contributed by atoms with Crippen molar-refractivity contribution in [3.8, 4) is 23.0 Å². The normalized spacial score (nSPS) is 13.9. The molecule has 0 unspecified atom stereocenters. The van der Waals surface area contributed by atoms with Gasteiger partial charge >= 0.3 is 0 Å². The number of nitrogens with one attached hydrogen (secondary N) is 1. The largest absolute Gasteiger partial charge is 0.508 e. The zero-order valence-electron chi connectivity index (χ0n) is 17.4. The molecular weight excluding hydrogens is 399 g/mol. The van der Waals surface area contributed by atoms with E-state index in [0.717, 1.165) is 10.8 Å². The Hall–Kier alpha value is -3.52. The molecule has 0 bridgehead atoms. The van der Waals surface area contributed by atoms with Gasteiger partial charge in [0.1, 0.15) is 17.0 Å². The molecule has 7 nitrogen and oxygen atoms in total. The van der Waals surface area contributed by atoms with Crippen molar-refractivity contribution in [2.24, 2.45) is 0 Å². The average molecular weight is 422 g/mol. The number of aromatic amines is 1. The fourth-order valence-corrected chi connectivity index (χ4v) is 3.70. The number of phenolic OH excluding ortho intramolecular Hbond substituents is 1. The molecule has 2 aromatic carbocycles. The topological polar surface area (TPSA) is 91.3 Å². The second-order valence-corrected chi connectivity index (χ2v) is 7.48. The third-order valence-corrected chi connectivity index (χ3v) is 5.30. The molecule has 160 valence electrons. The predicted octanol–water partition coefficient (Wildman–Crippen LogP) is 3.70. The molecule has 1 fully saturated rings. The van der Waals surface area contributed by atoms with Gasteiger partial charge in [0.25, 0.3) is 11.6 Å². The first-order valence-electron chi connectivity index (χ1n) is 10.0. The summed E-state index contributed by atoms with van der Waals surface area (Å²) in [6.07, 6.45) is 4.09. The first-order valence-corrected chi connectivity index (χ1v) is 10.0. The van der Waals surface area contributed by atoms with E-state index >= 15 is 4.39 Å². The molecule has 8 heteroatoms. The Kier molecular flexibility index (Phi) is 5.81. The Morgan fingerprint density at radius 1 is 1.16 bits per heavy atom. The van der Waals surface area contributed by atoms with Crippen LogP contribution in [0.15, 0.2) is 47.4 Å². The van der Waals surface area contributed by atoms with Crippen LogP contribution in [0.25, 0.3) is 32.9 Å². The van der Waals surface area contributed by atoms with Crippen LogP contribution < -0.4 is 10.3 Å². The van der Waals surface area contributed by atoms with Crippen molar-refractivity contribution in [2.75, 3.05) is 27.2 Å². The molecule has 0 atom stereocenters. The van der Waals surface area contributed by atoms with Gasteiger partial charge in [-0.25, -0.2) is 4.39 Å². The van der Waals surface area contributed by atoms with Gasteiger partial charge in [0.15, 0.2) is 5.82 Å². The van der Waals surface area contributed by atoms with E-state index in [-0.39, 0.29) is 28.4 Å². The Morgan fingerprint density at radius 2 is 1.90 bits per heavy atom. The minimum atomic E-state index is -0.752. The average Bonchev–Trinajstić information content (AvgIpc) is 3.25. The number of halogens is 1. The second-order valence-electron chi connectivity index (χ2n) is 7.48. The molecule has 1 aliphatic rings. The summed E-state index contributed by atoms with van der Waals surface area (Å²) in [5.41, 5.74) is -0.269. The molecule has 2 aromatic heterocycles. The SMILES string of the molecule is CN1CCCC1.COc1nc2c(F)c(-c3cc(O)cc4ccccc34)ncc2c(=O)[nH]1.